The monoisotopic (exact) mass is 557 g/mol. The Hall–Kier alpha value is -3.49. The van der Waals surface area contributed by atoms with E-state index >= 15 is 0 Å². The number of aliphatic hydroxyl groups is 1. The number of amides is 2. The molecule has 218 valence electrons. The molecule has 1 aromatic carbocycles. The molecule has 2 aromatic rings. The first kappa shape index (κ1) is 29.0. The molecule has 2 saturated heterocycles. The highest BCUT2D eigenvalue weighted by Crippen LogP contribution is 2.52. The average molecular weight is 558 g/mol. The SMILES string of the molecule is C=C(/C=C\C=C/C)[C@]1(C)CNCCN1C(=O)N1CC[C@@](O)(Cn2cnc(-c3ccccc3)cc2=O)C2(CCCC2)C1. The van der Waals surface area contributed by atoms with Gasteiger partial charge in [-0.05, 0) is 38.7 Å². The molecule has 0 radical (unpaired) electrons. The fourth-order valence-corrected chi connectivity index (χ4v) is 6.95. The number of hydrogen-bond acceptors (Lipinski definition) is 5. The van der Waals surface area contributed by atoms with Gasteiger partial charge in [-0.1, -0.05) is 74.1 Å². The van der Waals surface area contributed by atoms with Gasteiger partial charge in [-0.3, -0.25) is 9.36 Å². The molecule has 1 aliphatic carbocycles. The van der Waals surface area contributed by atoms with E-state index in [1.54, 1.807) is 17.0 Å². The van der Waals surface area contributed by atoms with Crippen molar-refractivity contribution < 1.29 is 9.90 Å². The summed E-state index contributed by atoms with van der Waals surface area (Å²) in [5.74, 6) is 0. The third-order valence-corrected chi connectivity index (χ3v) is 9.59. The number of carbonyl (C=O) groups is 1. The number of aromatic nitrogens is 2. The van der Waals surface area contributed by atoms with Crippen molar-refractivity contribution in [3.8, 4) is 11.3 Å². The summed E-state index contributed by atoms with van der Waals surface area (Å²) in [6.07, 6.45) is 13.5. The van der Waals surface area contributed by atoms with Crippen molar-refractivity contribution in [2.24, 2.45) is 5.41 Å². The highest BCUT2D eigenvalue weighted by atomic mass is 16.3. The molecular weight excluding hydrogens is 514 g/mol. The maximum absolute atomic E-state index is 14.1. The second kappa shape index (κ2) is 11.8. The largest absolute Gasteiger partial charge is 0.387 e. The molecule has 2 aliphatic heterocycles. The van der Waals surface area contributed by atoms with Gasteiger partial charge in [0.2, 0.25) is 0 Å². The summed E-state index contributed by atoms with van der Waals surface area (Å²) >= 11 is 0. The molecular formula is C33H43N5O3. The normalized spacial score (nSPS) is 26.3. The van der Waals surface area contributed by atoms with Gasteiger partial charge in [-0.25, -0.2) is 9.78 Å². The lowest BCUT2D eigenvalue weighted by atomic mass is 9.66. The molecule has 8 heteroatoms. The van der Waals surface area contributed by atoms with Crippen molar-refractivity contribution in [1.29, 1.82) is 0 Å². The maximum atomic E-state index is 14.1. The molecule has 0 unspecified atom stereocenters. The zero-order valence-corrected chi connectivity index (χ0v) is 24.4. The summed E-state index contributed by atoms with van der Waals surface area (Å²) in [5.41, 5.74) is 0.0810. The van der Waals surface area contributed by atoms with Crippen LogP contribution < -0.4 is 10.9 Å². The van der Waals surface area contributed by atoms with Gasteiger partial charge in [0.25, 0.3) is 5.56 Å². The Balaban J connectivity index is 1.37. The summed E-state index contributed by atoms with van der Waals surface area (Å²) in [7, 11) is 0. The topological polar surface area (TPSA) is 90.7 Å². The van der Waals surface area contributed by atoms with Gasteiger partial charge in [-0.2, -0.15) is 0 Å². The molecule has 2 atom stereocenters. The standard InChI is InChI=1S/C33H43N5O3/c1-4-5-7-12-26(2)31(3)22-34-18-20-38(31)30(40)36-19-17-33(41,32(23-36)15-10-11-16-32)24-37-25-35-28(21-29(37)39)27-13-8-6-9-14-27/h4-9,12-14,21,25,34,41H,2,10-11,15-20,22-24H2,1,3H3/b5-4-,12-7-/t31-,33+/m0/s1. The number of carbonyl (C=O) groups excluding carboxylic acids is 1. The number of hydrogen-bond donors (Lipinski definition) is 2. The van der Waals surface area contributed by atoms with E-state index in [1.165, 1.54) is 0 Å². The van der Waals surface area contributed by atoms with Gasteiger partial charge >= 0.3 is 6.03 Å². The highest BCUT2D eigenvalue weighted by molar-refractivity contribution is 5.77. The molecule has 5 rings (SSSR count). The Morgan fingerprint density at radius 2 is 1.90 bits per heavy atom. The highest BCUT2D eigenvalue weighted by Gasteiger charge is 2.56. The molecule has 2 N–H and O–H groups in total. The fourth-order valence-electron chi connectivity index (χ4n) is 6.95. The van der Waals surface area contributed by atoms with Crippen molar-refractivity contribution in [2.45, 2.75) is 63.6 Å². The lowest BCUT2D eigenvalue weighted by Gasteiger charge is -2.54. The number of urea groups is 1. The molecule has 41 heavy (non-hydrogen) atoms. The summed E-state index contributed by atoms with van der Waals surface area (Å²) in [6, 6.07) is 11.2. The quantitative estimate of drug-likeness (QED) is 0.515. The van der Waals surface area contributed by atoms with Gasteiger partial charge in [0, 0.05) is 49.8 Å². The van der Waals surface area contributed by atoms with E-state index in [0.29, 0.717) is 38.3 Å². The maximum Gasteiger partial charge on any atom is 0.320 e. The number of likely N-dealkylation sites (tertiary alicyclic amines) is 1. The molecule has 0 bridgehead atoms. The van der Waals surface area contributed by atoms with Gasteiger partial charge in [0.05, 0.1) is 29.7 Å². The van der Waals surface area contributed by atoms with E-state index < -0.39 is 16.6 Å². The van der Waals surface area contributed by atoms with Crippen LogP contribution in [0.3, 0.4) is 0 Å². The summed E-state index contributed by atoms with van der Waals surface area (Å²) in [6.45, 7) is 11.4. The lowest BCUT2D eigenvalue weighted by Crippen LogP contribution is -2.68. The van der Waals surface area contributed by atoms with Gasteiger partial charge in [0.1, 0.15) is 0 Å². The molecule has 3 aliphatic rings. The van der Waals surface area contributed by atoms with Crippen LogP contribution in [0.1, 0.15) is 46.0 Å². The number of rotatable bonds is 6. The Bertz CT molecular complexity index is 1380. The first-order valence-corrected chi connectivity index (χ1v) is 14.8. The number of benzene rings is 1. The van der Waals surface area contributed by atoms with Crippen LogP contribution in [0.15, 0.2) is 84.0 Å². The second-order valence-electron chi connectivity index (χ2n) is 12.1. The van der Waals surface area contributed by atoms with E-state index in [9.17, 15) is 14.7 Å². The molecule has 1 spiro atoms. The molecule has 3 heterocycles. The van der Waals surface area contributed by atoms with Crippen LogP contribution >= 0.6 is 0 Å². The summed E-state index contributed by atoms with van der Waals surface area (Å²) < 4.78 is 1.54. The van der Waals surface area contributed by atoms with Crippen molar-refractivity contribution in [3.63, 3.8) is 0 Å². The third kappa shape index (κ3) is 5.55. The Morgan fingerprint density at radius 3 is 2.61 bits per heavy atom. The Kier molecular flexibility index (Phi) is 8.34. The van der Waals surface area contributed by atoms with Gasteiger partial charge in [-0.15, -0.1) is 0 Å². The van der Waals surface area contributed by atoms with Crippen molar-refractivity contribution in [3.05, 3.63) is 89.5 Å². The molecule has 1 aromatic heterocycles. The molecule has 2 amide bonds. The average Bonchev–Trinajstić information content (AvgIpc) is 3.46. The minimum absolute atomic E-state index is 0.00560. The minimum Gasteiger partial charge on any atom is -0.387 e. The molecule has 1 saturated carbocycles. The molecule has 8 nitrogen and oxygen atoms in total. The zero-order chi connectivity index (χ0) is 29.1. The van der Waals surface area contributed by atoms with Crippen LogP contribution in [0.25, 0.3) is 11.3 Å². The lowest BCUT2D eigenvalue weighted by molar-refractivity contribution is -0.137. The van der Waals surface area contributed by atoms with Crippen LogP contribution in [0, 0.1) is 5.41 Å². The predicted molar refractivity (Wildman–Crippen MR) is 162 cm³/mol. The van der Waals surface area contributed by atoms with Gasteiger partial charge < -0.3 is 20.2 Å². The van der Waals surface area contributed by atoms with E-state index in [0.717, 1.165) is 43.4 Å². The van der Waals surface area contributed by atoms with Crippen LogP contribution in [0.5, 0.6) is 0 Å². The second-order valence-corrected chi connectivity index (χ2v) is 12.1. The van der Waals surface area contributed by atoms with E-state index in [-0.39, 0.29) is 18.1 Å². The van der Waals surface area contributed by atoms with Crippen LogP contribution in [-0.2, 0) is 6.54 Å². The van der Waals surface area contributed by atoms with E-state index in [1.807, 2.05) is 71.4 Å². The third-order valence-electron chi connectivity index (χ3n) is 9.59. The number of nitrogens with zero attached hydrogens (tertiary/aromatic N) is 4. The van der Waals surface area contributed by atoms with Crippen molar-refractivity contribution in [2.75, 3.05) is 32.7 Å². The first-order chi connectivity index (χ1) is 19.7. The predicted octanol–water partition coefficient (Wildman–Crippen LogP) is 4.38. The van der Waals surface area contributed by atoms with E-state index in [2.05, 4.69) is 23.8 Å². The Morgan fingerprint density at radius 1 is 1.15 bits per heavy atom. The number of nitrogens with one attached hydrogen (secondary N) is 1. The van der Waals surface area contributed by atoms with Crippen LogP contribution in [-0.4, -0.2) is 74.4 Å². The van der Waals surface area contributed by atoms with Gasteiger partial charge in [0.15, 0.2) is 0 Å². The van der Waals surface area contributed by atoms with Crippen molar-refractivity contribution >= 4 is 6.03 Å². The summed E-state index contributed by atoms with van der Waals surface area (Å²) in [5, 5.41) is 15.7. The summed E-state index contributed by atoms with van der Waals surface area (Å²) in [4.78, 5) is 35.7. The number of piperidine rings is 1. The fraction of sp³-hybridized carbons (Fsp3) is 0.485. The van der Waals surface area contributed by atoms with Crippen LogP contribution in [0.4, 0.5) is 4.79 Å². The van der Waals surface area contributed by atoms with Crippen molar-refractivity contribution in [1.82, 2.24) is 24.7 Å². The zero-order valence-electron chi connectivity index (χ0n) is 24.4. The first-order valence-electron chi connectivity index (χ1n) is 14.8. The number of allylic oxidation sites excluding steroid dienone is 3. The Labute approximate surface area is 243 Å². The number of piperazine rings is 1. The molecule has 3 fully saturated rings. The smallest absolute Gasteiger partial charge is 0.320 e. The van der Waals surface area contributed by atoms with E-state index in [4.69, 9.17) is 0 Å². The minimum atomic E-state index is -1.11. The van der Waals surface area contributed by atoms with Crippen LogP contribution in [0.2, 0.25) is 0 Å².